The summed E-state index contributed by atoms with van der Waals surface area (Å²) in [5.74, 6) is 2.48. The molecule has 3 spiro atoms. The average Bonchev–Trinajstić information content (AvgIpc) is 1.59. The molecule has 0 bridgehead atoms. The third-order valence-corrected chi connectivity index (χ3v) is 25.6. The van der Waals surface area contributed by atoms with Gasteiger partial charge < -0.3 is 52.3 Å². The van der Waals surface area contributed by atoms with Crippen molar-refractivity contribution < 1.29 is 71.7 Å². The molecule has 1 N–H and O–H groups in total. The molecule has 16 rings (SSSR count). The van der Waals surface area contributed by atoms with Gasteiger partial charge >= 0.3 is 0 Å². The second kappa shape index (κ2) is 30.1. The number of benzene rings is 6. The fourth-order valence-electron chi connectivity index (χ4n) is 16.0. The van der Waals surface area contributed by atoms with E-state index in [2.05, 4.69) is 14.4 Å². The van der Waals surface area contributed by atoms with Crippen molar-refractivity contribution in [2.24, 2.45) is 7.05 Å². The number of rotatable bonds is 15. The first-order valence-corrected chi connectivity index (χ1v) is 39.7. The Hall–Kier alpha value is -10.1. The van der Waals surface area contributed by atoms with E-state index in [-0.39, 0.29) is 60.2 Å². The van der Waals surface area contributed by atoms with E-state index in [1.807, 2.05) is 132 Å². The predicted octanol–water partition coefficient (Wildman–Crippen LogP) is 13.1. The van der Waals surface area contributed by atoms with E-state index >= 15 is 0 Å². The minimum absolute atomic E-state index is 0. The van der Waals surface area contributed by atoms with Crippen LogP contribution >= 0.6 is 0 Å². The molecular weight excluding hydrogens is 1420 g/mol. The average molecular weight is 1510 g/mol. The smallest absolute Gasteiger partial charge is 0.253 e. The van der Waals surface area contributed by atoms with Crippen LogP contribution in [0.3, 0.4) is 0 Å². The minimum Gasteiger partial charge on any atom is -0.493 e. The summed E-state index contributed by atoms with van der Waals surface area (Å²) in [4.78, 5) is 58.0. The molecule has 1 saturated carbocycles. The van der Waals surface area contributed by atoms with Crippen molar-refractivity contribution in [1.29, 1.82) is 0 Å². The zero-order valence-corrected chi connectivity index (χ0v) is 63.5. The SMILES string of the molecule is CC(=O)c1ccc2n1-c1ccccc1OC21CCN(C(=O)c2ccc(S(=O)(=O)NC3CCCC3)cc2)CC1.CC(C)N(C)S(=O)(=O)c1ccc(C(=O)N2CCC3(CC2)Oc2ccccc2-c2c3cnn2C)cc1.COC[C@H](C)Oc1ccc(C(=O)N2CCC3(CC2)Oc2cc(F)ccc2-n2cccc23)cc1OC.[HH].[HH]. The quantitative estimate of drug-likeness (QED) is 0.0938. The van der Waals surface area contributed by atoms with Gasteiger partial charge in [-0.25, -0.2) is 25.9 Å². The van der Waals surface area contributed by atoms with E-state index in [0.29, 0.717) is 124 Å². The zero-order valence-electron chi connectivity index (χ0n) is 61.9. The number of carbonyl (C=O) groups excluding carboxylic acids is 4. The molecule has 1 aliphatic carbocycles. The molecule has 3 amide bonds. The number of amides is 3. The van der Waals surface area contributed by atoms with E-state index in [1.54, 1.807) is 81.6 Å². The van der Waals surface area contributed by atoms with Crippen LogP contribution in [0.25, 0.3) is 22.6 Å². The monoisotopic (exact) mass is 1510 g/mol. The van der Waals surface area contributed by atoms with Gasteiger partial charge in [0.1, 0.15) is 34.8 Å². The summed E-state index contributed by atoms with van der Waals surface area (Å²) in [5, 5.41) is 4.50. The lowest BCUT2D eigenvalue weighted by Gasteiger charge is -2.45. The van der Waals surface area contributed by atoms with Crippen LogP contribution in [0.1, 0.15) is 153 Å². The van der Waals surface area contributed by atoms with Gasteiger partial charge in [-0.1, -0.05) is 37.1 Å². The van der Waals surface area contributed by atoms with Crippen LogP contribution in [0.5, 0.6) is 28.7 Å². The summed E-state index contributed by atoms with van der Waals surface area (Å²) in [6, 6.07) is 45.6. The Labute approximate surface area is 632 Å². The maximum atomic E-state index is 13.9. The molecule has 108 heavy (non-hydrogen) atoms. The van der Waals surface area contributed by atoms with Crippen LogP contribution in [-0.4, -0.2) is 164 Å². The lowest BCUT2D eigenvalue weighted by atomic mass is 9.81. The predicted molar refractivity (Wildman–Crippen MR) is 407 cm³/mol. The summed E-state index contributed by atoms with van der Waals surface area (Å²) in [6.07, 6.45) is 11.2. The molecular formula is C82H94FN9O14S2. The van der Waals surface area contributed by atoms with E-state index in [9.17, 15) is 40.4 Å². The Morgan fingerprint density at radius 3 is 1.79 bits per heavy atom. The van der Waals surface area contributed by atoms with Gasteiger partial charge in [0.2, 0.25) is 20.0 Å². The molecule has 0 radical (unpaired) electrons. The number of nitrogens with one attached hydrogen (secondary N) is 1. The molecule has 4 fully saturated rings. The Morgan fingerprint density at radius 1 is 0.620 bits per heavy atom. The number of likely N-dealkylation sites (tertiary alicyclic amines) is 3. The van der Waals surface area contributed by atoms with Crippen molar-refractivity contribution in [3.05, 3.63) is 215 Å². The molecule has 3 aromatic heterocycles. The third-order valence-electron chi connectivity index (χ3n) is 22.0. The van der Waals surface area contributed by atoms with Crippen LogP contribution in [0.15, 0.2) is 180 Å². The minimum atomic E-state index is -3.60. The fourth-order valence-corrected chi connectivity index (χ4v) is 18.6. The summed E-state index contributed by atoms with van der Waals surface area (Å²) < 4.78 is 111. The number of piperidine rings is 3. The number of ether oxygens (including phenoxy) is 6. The van der Waals surface area contributed by atoms with E-state index in [1.165, 1.54) is 40.7 Å². The molecule has 9 aromatic rings. The number of Topliss-reactive ketones (excluding diaryl/α,β-unsaturated/α-hetero) is 1. The van der Waals surface area contributed by atoms with Gasteiger partial charge in [-0.15, -0.1) is 0 Å². The number of fused-ring (bicyclic) bond motifs is 12. The molecule has 1 atom stereocenters. The normalized spacial score (nSPS) is 17.4. The number of hydrogen-bond donors (Lipinski definition) is 1. The summed E-state index contributed by atoms with van der Waals surface area (Å²) >= 11 is 0. The van der Waals surface area contributed by atoms with Gasteiger partial charge in [-0.3, -0.25) is 23.9 Å². The molecule has 23 nitrogen and oxygen atoms in total. The van der Waals surface area contributed by atoms with Gasteiger partial charge in [0.25, 0.3) is 17.7 Å². The first-order valence-electron chi connectivity index (χ1n) is 36.8. The fraction of sp³-hybridized carbons (Fsp3) is 0.378. The lowest BCUT2D eigenvalue weighted by Crippen LogP contribution is -2.50. The molecule has 0 unspecified atom stereocenters. The first-order chi connectivity index (χ1) is 51.8. The number of hydrogen-bond acceptors (Lipinski definition) is 15. The van der Waals surface area contributed by atoms with Crippen molar-refractivity contribution in [3.63, 3.8) is 0 Å². The number of nitrogens with zero attached hydrogens (tertiary/aromatic N) is 8. The van der Waals surface area contributed by atoms with Crippen LogP contribution in [0.2, 0.25) is 0 Å². The number of para-hydroxylation sites is 3. The second-order valence-corrected chi connectivity index (χ2v) is 32.8. The number of methoxy groups -OCH3 is 2. The van der Waals surface area contributed by atoms with E-state index in [0.717, 1.165) is 76.8 Å². The van der Waals surface area contributed by atoms with Gasteiger partial charge in [-0.05, 0) is 161 Å². The maximum absolute atomic E-state index is 13.9. The van der Waals surface area contributed by atoms with E-state index in [4.69, 9.17) is 28.4 Å². The van der Waals surface area contributed by atoms with Crippen LogP contribution < -0.4 is 28.4 Å². The number of aromatic nitrogens is 4. The summed E-state index contributed by atoms with van der Waals surface area (Å²) in [5.41, 5.74) is 7.11. The van der Waals surface area contributed by atoms with Crippen molar-refractivity contribution in [2.75, 3.05) is 67.1 Å². The Balaban J connectivity index is 0.000000152. The van der Waals surface area contributed by atoms with Crippen LogP contribution in [0, 0.1) is 5.82 Å². The van der Waals surface area contributed by atoms with Crippen molar-refractivity contribution in [2.45, 2.75) is 137 Å². The van der Waals surface area contributed by atoms with Crippen molar-refractivity contribution in [1.82, 2.24) is 42.6 Å². The standard InChI is InChI=1S/C29H31N3O5S.C27H29FN2O5.C26H30N4O4S.2H2/c1-20(33)24-14-15-27-29(37-26-9-5-4-8-25(26)32(24)27)16-18-31(19-17-29)28(34)21-10-12-23(13-11-21)38(35,36)30-22-6-2-3-7-22;1-18(17-32-2)34-22-9-6-19(15-24(22)33-3)26(31)29-13-10-27(11-14-29)25-5-4-12-30(25)21-8-7-20(28)16-23(21)35-27;1-18(2)29(4)35(32,33)20-11-9-19(10-12-20)25(31)30-15-13-26(14-16-30)22-17-27-28(3)24(22)21-7-5-6-8-23(21)34-26;;/h4-5,8-15,22,30H,2-3,6-7,16-19H2,1H3;4-9,12,15-16,18H,10-11,13-14,17H2,1-3H3;5-12,17-18H,13-16H2,1-4H3;2*1H/t;18-;;;/m.0.../s1. The molecule has 3 saturated heterocycles. The van der Waals surface area contributed by atoms with E-state index < -0.39 is 36.8 Å². The maximum Gasteiger partial charge on any atom is 0.253 e. The number of carbonyl (C=O) groups is 4. The molecule has 26 heteroatoms. The Bertz CT molecular complexity index is 5120. The highest BCUT2D eigenvalue weighted by atomic mass is 32.2. The van der Waals surface area contributed by atoms with Gasteiger partial charge in [-0.2, -0.15) is 9.40 Å². The van der Waals surface area contributed by atoms with Crippen LogP contribution in [-0.2, 0) is 48.6 Å². The molecule has 6 aromatic carbocycles. The number of ketones is 1. The molecule has 6 aliphatic heterocycles. The van der Waals surface area contributed by atoms with Crippen LogP contribution in [0.4, 0.5) is 4.39 Å². The van der Waals surface area contributed by atoms with Crippen molar-refractivity contribution >= 4 is 43.6 Å². The van der Waals surface area contributed by atoms with Gasteiger partial charge in [0.15, 0.2) is 28.5 Å². The third kappa shape index (κ3) is 14.3. The highest BCUT2D eigenvalue weighted by molar-refractivity contribution is 7.89. The number of aryl methyl sites for hydroxylation is 1. The highest BCUT2D eigenvalue weighted by Crippen LogP contribution is 2.51. The molecule has 570 valence electrons. The van der Waals surface area contributed by atoms with Gasteiger partial charge in [0, 0.05) is 161 Å². The number of sulfonamides is 2. The lowest BCUT2D eigenvalue weighted by molar-refractivity contribution is -0.00996. The first kappa shape index (κ1) is 74.7. The van der Waals surface area contributed by atoms with Gasteiger partial charge in [0.05, 0.1) is 63.9 Å². The molecule has 9 heterocycles. The summed E-state index contributed by atoms with van der Waals surface area (Å²) in [7, 11) is -0.524. The largest absolute Gasteiger partial charge is 0.493 e. The molecule has 7 aliphatic rings. The highest BCUT2D eigenvalue weighted by Gasteiger charge is 2.49. The number of halogens is 1. The zero-order chi connectivity index (χ0) is 76.0. The van der Waals surface area contributed by atoms with Crippen molar-refractivity contribution in [3.8, 4) is 51.4 Å². The topological polar surface area (TPSA) is 245 Å². The Morgan fingerprint density at radius 2 is 1.18 bits per heavy atom. The summed E-state index contributed by atoms with van der Waals surface area (Å²) in [6.45, 7) is 10.6. The second-order valence-electron chi connectivity index (χ2n) is 29.0. The Kier molecular flexibility index (Phi) is 20.9.